The SMILES string of the molecule is COc1cc(CNC(=O)CSCC(=O)Nc2cccc(Br)c2)cc(OC)c1OC. The highest BCUT2D eigenvalue weighted by atomic mass is 79.9. The Labute approximate surface area is 182 Å². The van der Waals surface area contributed by atoms with Gasteiger partial charge in [0.1, 0.15) is 0 Å². The lowest BCUT2D eigenvalue weighted by molar-refractivity contribution is -0.118. The average Bonchev–Trinajstić information content (AvgIpc) is 2.71. The molecule has 2 aromatic carbocycles. The van der Waals surface area contributed by atoms with Crippen LogP contribution in [0.25, 0.3) is 0 Å². The molecule has 0 spiro atoms. The summed E-state index contributed by atoms with van der Waals surface area (Å²) in [5.74, 6) is 1.58. The van der Waals surface area contributed by atoms with E-state index < -0.39 is 0 Å². The van der Waals surface area contributed by atoms with Gasteiger partial charge < -0.3 is 24.8 Å². The minimum atomic E-state index is -0.168. The molecule has 0 saturated heterocycles. The van der Waals surface area contributed by atoms with E-state index in [0.29, 0.717) is 29.5 Å². The van der Waals surface area contributed by atoms with E-state index in [9.17, 15) is 9.59 Å². The fraction of sp³-hybridized carbons (Fsp3) is 0.300. The number of hydrogen-bond acceptors (Lipinski definition) is 6. The van der Waals surface area contributed by atoms with Crippen molar-refractivity contribution in [3.8, 4) is 17.2 Å². The third-order valence-electron chi connectivity index (χ3n) is 3.79. The Morgan fingerprint density at radius 2 is 1.62 bits per heavy atom. The van der Waals surface area contributed by atoms with E-state index in [0.717, 1.165) is 10.0 Å². The molecule has 7 nitrogen and oxygen atoms in total. The number of nitrogens with one attached hydrogen (secondary N) is 2. The molecule has 0 atom stereocenters. The van der Waals surface area contributed by atoms with Crippen LogP contribution in [0.3, 0.4) is 0 Å². The van der Waals surface area contributed by atoms with Crippen molar-refractivity contribution in [1.82, 2.24) is 5.32 Å². The molecule has 0 bridgehead atoms. The zero-order valence-corrected chi connectivity index (χ0v) is 18.8. The Balaban J connectivity index is 1.79. The minimum absolute atomic E-state index is 0.162. The maximum Gasteiger partial charge on any atom is 0.234 e. The molecule has 0 saturated carbocycles. The second kappa shape index (κ2) is 11.6. The van der Waals surface area contributed by atoms with Crippen molar-refractivity contribution in [2.24, 2.45) is 0 Å². The molecule has 29 heavy (non-hydrogen) atoms. The van der Waals surface area contributed by atoms with Gasteiger partial charge in [-0.05, 0) is 35.9 Å². The number of halogens is 1. The smallest absolute Gasteiger partial charge is 0.234 e. The molecular weight excluding hydrogens is 460 g/mol. The third kappa shape index (κ3) is 7.17. The van der Waals surface area contributed by atoms with Crippen molar-refractivity contribution in [2.45, 2.75) is 6.54 Å². The molecule has 9 heteroatoms. The van der Waals surface area contributed by atoms with Gasteiger partial charge in [-0.3, -0.25) is 9.59 Å². The van der Waals surface area contributed by atoms with E-state index in [1.165, 1.54) is 33.1 Å². The molecule has 2 N–H and O–H groups in total. The quantitative estimate of drug-likeness (QED) is 0.539. The van der Waals surface area contributed by atoms with E-state index in [4.69, 9.17) is 14.2 Å². The Kier molecular flexibility index (Phi) is 9.14. The summed E-state index contributed by atoms with van der Waals surface area (Å²) in [5.41, 5.74) is 1.52. The summed E-state index contributed by atoms with van der Waals surface area (Å²) in [5, 5.41) is 5.61. The van der Waals surface area contributed by atoms with E-state index in [-0.39, 0.29) is 23.3 Å². The standard InChI is InChI=1S/C20H23BrN2O5S/c1-26-16-7-13(8-17(27-2)20(16)28-3)10-22-18(24)11-29-12-19(25)23-15-6-4-5-14(21)9-15/h4-9H,10-12H2,1-3H3,(H,22,24)(H,23,25). The first kappa shape index (κ1) is 22.9. The van der Waals surface area contributed by atoms with Crippen LogP contribution in [0.4, 0.5) is 5.69 Å². The van der Waals surface area contributed by atoms with Crippen LogP contribution in [-0.2, 0) is 16.1 Å². The fourth-order valence-electron chi connectivity index (χ4n) is 2.49. The van der Waals surface area contributed by atoms with E-state index >= 15 is 0 Å². The molecular formula is C20H23BrN2O5S. The summed E-state index contributed by atoms with van der Waals surface area (Å²) < 4.78 is 16.8. The predicted molar refractivity (Wildman–Crippen MR) is 118 cm³/mol. The Morgan fingerprint density at radius 1 is 0.966 bits per heavy atom. The van der Waals surface area contributed by atoms with Crippen LogP contribution in [-0.4, -0.2) is 44.6 Å². The number of anilines is 1. The van der Waals surface area contributed by atoms with Gasteiger partial charge in [0.25, 0.3) is 0 Å². The molecule has 0 aliphatic rings. The van der Waals surface area contributed by atoms with Gasteiger partial charge in [-0.25, -0.2) is 0 Å². The molecule has 0 aliphatic carbocycles. The molecule has 0 radical (unpaired) electrons. The first-order valence-electron chi connectivity index (χ1n) is 8.65. The lowest BCUT2D eigenvalue weighted by atomic mass is 10.2. The zero-order valence-electron chi connectivity index (χ0n) is 16.4. The van der Waals surface area contributed by atoms with Crippen LogP contribution in [0.15, 0.2) is 40.9 Å². The summed E-state index contributed by atoms with van der Waals surface area (Å²) in [7, 11) is 4.61. The lowest BCUT2D eigenvalue weighted by Gasteiger charge is -2.14. The zero-order chi connectivity index (χ0) is 21.2. The van der Waals surface area contributed by atoms with Crippen molar-refractivity contribution < 1.29 is 23.8 Å². The second-order valence-corrected chi connectivity index (χ2v) is 7.76. The maximum absolute atomic E-state index is 12.1. The van der Waals surface area contributed by atoms with Gasteiger partial charge in [-0.15, -0.1) is 11.8 Å². The molecule has 0 fully saturated rings. The molecule has 0 heterocycles. The number of amides is 2. The predicted octanol–water partition coefficient (Wildman–Crippen LogP) is 3.46. The topological polar surface area (TPSA) is 85.9 Å². The fourth-order valence-corrected chi connectivity index (χ4v) is 3.54. The number of thioether (sulfide) groups is 1. The van der Waals surface area contributed by atoms with Crippen LogP contribution >= 0.6 is 27.7 Å². The van der Waals surface area contributed by atoms with Crippen molar-refractivity contribution in [3.63, 3.8) is 0 Å². The normalized spacial score (nSPS) is 10.2. The van der Waals surface area contributed by atoms with E-state index in [2.05, 4.69) is 26.6 Å². The number of methoxy groups -OCH3 is 3. The summed E-state index contributed by atoms with van der Waals surface area (Å²) >= 11 is 4.60. The lowest BCUT2D eigenvalue weighted by Crippen LogP contribution is -2.25. The van der Waals surface area contributed by atoms with Crippen LogP contribution in [0, 0.1) is 0 Å². The molecule has 2 rings (SSSR count). The van der Waals surface area contributed by atoms with E-state index in [1.807, 2.05) is 18.2 Å². The average molecular weight is 483 g/mol. The van der Waals surface area contributed by atoms with Gasteiger partial charge in [0.05, 0.1) is 32.8 Å². The maximum atomic E-state index is 12.1. The van der Waals surface area contributed by atoms with Crippen LogP contribution in [0.2, 0.25) is 0 Å². The van der Waals surface area contributed by atoms with Gasteiger partial charge >= 0.3 is 0 Å². The van der Waals surface area contributed by atoms with Crippen molar-refractivity contribution in [3.05, 3.63) is 46.4 Å². The summed E-state index contributed by atoms with van der Waals surface area (Å²) in [6.07, 6.45) is 0. The molecule has 156 valence electrons. The summed E-state index contributed by atoms with van der Waals surface area (Å²) in [6.45, 7) is 0.306. The van der Waals surface area contributed by atoms with Crippen molar-refractivity contribution in [1.29, 1.82) is 0 Å². The molecule has 2 aromatic rings. The Morgan fingerprint density at radius 3 is 2.21 bits per heavy atom. The number of hydrogen-bond donors (Lipinski definition) is 2. The Bertz CT molecular complexity index is 838. The van der Waals surface area contributed by atoms with Gasteiger partial charge in [0, 0.05) is 16.7 Å². The van der Waals surface area contributed by atoms with Crippen molar-refractivity contribution >= 4 is 45.2 Å². The molecule has 2 amide bonds. The molecule has 0 aliphatic heterocycles. The van der Waals surface area contributed by atoms with Gasteiger partial charge in [-0.2, -0.15) is 0 Å². The highest BCUT2D eigenvalue weighted by Gasteiger charge is 2.14. The number of ether oxygens (including phenoxy) is 3. The van der Waals surface area contributed by atoms with Gasteiger partial charge in [0.15, 0.2) is 11.5 Å². The first-order valence-corrected chi connectivity index (χ1v) is 10.6. The first-order chi connectivity index (χ1) is 14.0. The Hall–Kier alpha value is -2.39. The number of carbonyl (C=O) groups excluding carboxylic acids is 2. The molecule has 0 aromatic heterocycles. The van der Waals surface area contributed by atoms with Gasteiger partial charge in [0.2, 0.25) is 17.6 Å². The van der Waals surface area contributed by atoms with Crippen LogP contribution in [0.5, 0.6) is 17.2 Å². The largest absolute Gasteiger partial charge is 0.493 e. The highest BCUT2D eigenvalue weighted by Crippen LogP contribution is 2.38. The van der Waals surface area contributed by atoms with Crippen molar-refractivity contribution in [2.75, 3.05) is 38.2 Å². The number of rotatable bonds is 10. The summed E-state index contributed by atoms with van der Waals surface area (Å²) in [4.78, 5) is 24.0. The van der Waals surface area contributed by atoms with Gasteiger partial charge in [-0.1, -0.05) is 22.0 Å². The summed E-state index contributed by atoms with van der Waals surface area (Å²) in [6, 6.07) is 10.9. The highest BCUT2D eigenvalue weighted by molar-refractivity contribution is 9.10. The number of carbonyl (C=O) groups is 2. The minimum Gasteiger partial charge on any atom is -0.493 e. The second-order valence-electron chi connectivity index (χ2n) is 5.86. The monoisotopic (exact) mass is 482 g/mol. The van der Waals surface area contributed by atoms with Crippen LogP contribution < -0.4 is 24.8 Å². The number of benzene rings is 2. The third-order valence-corrected chi connectivity index (χ3v) is 5.21. The van der Waals surface area contributed by atoms with Crippen LogP contribution in [0.1, 0.15) is 5.56 Å². The molecule has 0 unspecified atom stereocenters. The van der Waals surface area contributed by atoms with E-state index in [1.54, 1.807) is 18.2 Å².